The van der Waals surface area contributed by atoms with Gasteiger partial charge in [0, 0.05) is 5.69 Å². The van der Waals surface area contributed by atoms with Gasteiger partial charge in [0.25, 0.3) is 0 Å². The van der Waals surface area contributed by atoms with E-state index in [9.17, 15) is 14.4 Å². The van der Waals surface area contributed by atoms with Gasteiger partial charge in [-0.1, -0.05) is 0 Å². The molecule has 1 rings (SSSR count). The molecule has 0 saturated heterocycles. The van der Waals surface area contributed by atoms with Crippen LogP contribution in [0.3, 0.4) is 0 Å². The molecule has 0 atom stereocenters. The van der Waals surface area contributed by atoms with Crippen LogP contribution in [0, 0.1) is 0 Å². The van der Waals surface area contributed by atoms with Crippen LogP contribution in [0.1, 0.15) is 12.8 Å². The van der Waals surface area contributed by atoms with E-state index in [-0.39, 0.29) is 6.42 Å². The molecule has 0 aliphatic carbocycles. The van der Waals surface area contributed by atoms with Crippen molar-refractivity contribution in [1.82, 2.24) is 0 Å². The maximum absolute atomic E-state index is 11.5. The van der Waals surface area contributed by atoms with Crippen LogP contribution >= 0.6 is 0 Å². The summed E-state index contributed by atoms with van der Waals surface area (Å²) in [6.45, 7) is 0. The van der Waals surface area contributed by atoms with Crippen LogP contribution in [-0.2, 0) is 19.1 Å². The third-order valence-corrected chi connectivity index (χ3v) is 2.30. The van der Waals surface area contributed by atoms with Gasteiger partial charge in [-0.25, -0.2) is 0 Å². The molecule has 6 heteroatoms. The van der Waals surface area contributed by atoms with Crippen LogP contribution in [0.2, 0.25) is 0 Å². The zero-order chi connectivity index (χ0) is 14.3. The van der Waals surface area contributed by atoms with E-state index in [2.05, 4.69) is 10.1 Å². The molecule has 6 nitrogen and oxygen atoms in total. The van der Waals surface area contributed by atoms with E-state index < -0.39 is 24.1 Å². The number of ketones is 1. The minimum Gasteiger partial charge on any atom is -0.497 e. The predicted octanol–water partition coefficient (Wildman–Crippen LogP) is 1.16. The number of carbonyl (C=O) groups excluding carboxylic acids is 3. The fraction of sp³-hybridized carbons (Fsp3) is 0.308. The van der Waals surface area contributed by atoms with Crippen molar-refractivity contribution in [2.45, 2.75) is 12.8 Å². The van der Waals surface area contributed by atoms with E-state index in [4.69, 9.17) is 4.74 Å². The van der Waals surface area contributed by atoms with E-state index in [0.29, 0.717) is 11.4 Å². The number of anilines is 1. The van der Waals surface area contributed by atoms with Crippen molar-refractivity contribution in [2.24, 2.45) is 0 Å². The number of esters is 1. The van der Waals surface area contributed by atoms with Gasteiger partial charge in [0.05, 0.1) is 20.6 Å². The van der Waals surface area contributed by atoms with Crippen molar-refractivity contribution in [1.29, 1.82) is 0 Å². The molecule has 1 amide bonds. The number of ether oxygens (including phenoxy) is 2. The van der Waals surface area contributed by atoms with Gasteiger partial charge >= 0.3 is 5.97 Å². The predicted molar refractivity (Wildman–Crippen MR) is 67.9 cm³/mol. The molecule has 0 aromatic heterocycles. The SMILES string of the molecule is COC(=O)CC(=O)CC(=O)Nc1ccc(OC)cc1. The second-order valence-corrected chi connectivity index (χ2v) is 3.75. The first-order chi connectivity index (χ1) is 9.05. The minimum atomic E-state index is -0.651. The summed E-state index contributed by atoms with van der Waals surface area (Å²) < 4.78 is 9.32. The third kappa shape index (κ3) is 5.20. The highest BCUT2D eigenvalue weighted by molar-refractivity contribution is 6.08. The third-order valence-electron chi connectivity index (χ3n) is 2.30. The Morgan fingerprint density at radius 2 is 1.68 bits per heavy atom. The van der Waals surface area contributed by atoms with Crippen molar-refractivity contribution < 1.29 is 23.9 Å². The first kappa shape index (κ1) is 14.7. The Hall–Kier alpha value is -2.37. The van der Waals surface area contributed by atoms with Crippen LogP contribution < -0.4 is 10.1 Å². The van der Waals surface area contributed by atoms with E-state index >= 15 is 0 Å². The fourth-order valence-electron chi connectivity index (χ4n) is 1.35. The number of rotatable bonds is 6. The molecule has 1 N–H and O–H groups in total. The molecular formula is C13H15NO5. The molecule has 0 heterocycles. The van der Waals surface area contributed by atoms with Gasteiger partial charge in [-0.15, -0.1) is 0 Å². The van der Waals surface area contributed by atoms with Gasteiger partial charge in [-0.3, -0.25) is 14.4 Å². The van der Waals surface area contributed by atoms with Crippen LogP contribution in [0.4, 0.5) is 5.69 Å². The molecule has 1 aromatic carbocycles. The number of Topliss-reactive ketones (excluding diaryl/α,β-unsaturated/α-hetero) is 1. The first-order valence-electron chi connectivity index (χ1n) is 5.57. The van der Waals surface area contributed by atoms with E-state index in [0.717, 1.165) is 0 Å². The molecule has 1 aromatic rings. The summed E-state index contributed by atoms with van der Waals surface area (Å²) in [5, 5.41) is 2.55. The molecule has 0 unspecified atom stereocenters. The quantitative estimate of drug-likeness (QED) is 0.616. The molecule has 0 spiro atoms. The molecule has 0 aliphatic rings. The highest BCUT2D eigenvalue weighted by Crippen LogP contribution is 2.15. The Morgan fingerprint density at radius 1 is 1.05 bits per heavy atom. The highest BCUT2D eigenvalue weighted by atomic mass is 16.5. The van der Waals surface area contributed by atoms with Gasteiger partial charge in [-0.05, 0) is 24.3 Å². The monoisotopic (exact) mass is 265 g/mol. The van der Waals surface area contributed by atoms with Crippen molar-refractivity contribution in [3.63, 3.8) is 0 Å². The lowest BCUT2D eigenvalue weighted by Crippen LogP contribution is -2.18. The smallest absolute Gasteiger partial charge is 0.313 e. The Kier molecular flexibility index (Phi) is 5.53. The van der Waals surface area contributed by atoms with Crippen molar-refractivity contribution in [3.8, 4) is 5.75 Å². The average Bonchev–Trinajstić information content (AvgIpc) is 2.39. The highest BCUT2D eigenvalue weighted by Gasteiger charge is 2.14. The number of hydrogen-bond donors (Lipinski definition) is 1. The molecular weight excluding hydrogens is 250 g/mol. The van der Waals surface area contributed by atoms with Crippen molar-refractivity contribution >= 4 is 23.3 Å². The van der Waals surface area contributed by atoms with Crippen LogP contribution in [-0.4, -0.2) is 31.9 Å². The standard InChI is InChI=1S/C13H15NO5/c1-18-11-5-3-9(4-6-11)14-12(16)7-10(15)8-13(17)19-2/h3-6H,7-8H2,1-2H3,(H,14,16). The van der Waals surface area contributed by atoms with Crippen LogP contribution in [0.15, 0.2) is 24.3 Å². The summed E-state index contributed by atoms with van der Waals surface area (Å²) in [5.74, 6) is -0.945. The van der Waals surface area contributed by atoms with Gasteiger partial charge in [0.2, 0.25) is 5.91 Å². The topological polar surface area (TPSA) is 81.7 Å². The van der Waals surface area contributed by atoms with Crippen LogP contribution in [0.25, 0.3) is 0 Å². The summed E-state index contributed by atoms with van der Waals surface area (Å²) >= 11 is 0. The van der Waals surface area contributed by atoms with Crippen molar-refractivity contribution in [3.05, 3.63) is 24.3 Å². The minimum absolute atomic E-state index is 0.360. The Morgan fingerprint density at radius 3 is 2.21 bits per heavy atom. The molecule has 0 radical (unpaired) electrons. The van der Waals surface area contributed by atoms with Gasteiger partial charge in [0.15, 0.2) is 5.78 Å². The zero-order valence-electron chi connectivity index (χ0n) is 10.8. The Labute approximate surface area is 110 Å². The second-order valence-electron chi connectivity index (χ2n) is 3.75. The number of benzene rings is 1. The van der Waals surface area contributed by atoms with Gasteiger partial charge in [-0.2, -0.15) is 0 Å². The lowest BCUT2D eigenvalue weighted by atomic mass is 10.2. The fourth-order valence-corrected chi connectivity index (χ4v) is 1.35. The maximum Gasteiger partial charge on any atom is 0.313 e. The van der Waals surface area contributed by atoms with Gasteiger partial charge in [0.1, 0.15) is 12.2 Å². The van der Waals surface area contributed by atoms with Crippen LogP contribution in [0.5, 0.6) is 5.75 Å². The molecule has 0 aliphatic heterocycles. The molecule has 19 heavy (non-hydrogen) atoms. The summed E-state index contributed by atoms with van der Waals surface area (Å²) in [6.07, 6.45) is -0.756. The van der Waals surface area contributed by atoms with E-state index in [1.165, 1.54) is 7.11 Å². The summed E-state index contributed by atoms with van der Waals surface area (Å²) in [6, 6.07) is 6.68. The maximum atomic E-state index is 11.5. The number of amides is 1. The summed E-state index contributed by atoms with van der Waals surface area (Å²) in [4.78, 5) is 33.7. The molecule has 102 valence electrons. The number of nitrogens with one attached hydrogen (secondary N) is 1. The molecule has 0 saturated carbocycles. The lowest BCUT2D eigenvalue weighted by molar-refractivity contribution is -0.143. The number of hydrogen-bond acceptors (Lipinski definition) is 5. The normalized spacial score (nSPS) is 9.58. The lowest BCUT2D eigenvalue weighted by Gasteiger charge is -2.05. The first-order valence-corrected chi connectivity index (χ1v) is 5.57. The largest absolute Gasteiger partial charge is 0.497 e. The second kappa shape index (κ2) is 7.15. The van der Waals surface area contributed by atoms with E-state index in [1.54, 1.807) is 31.4 Å². The van der Waals surface area contributed by atoms with Gasteiger partial charge < -0.3 is 14.8 Å². The Balaban J connectivity index is 2.46. The summed E-state index contributed by atoms with van der Waals surface area (Å²) in [7, 11) is 2.73. The van der Waals surface area contributed by atoms with Crippen molar-refractivity contribution in [2.75, 3.05) is 19.5 Å². The average molecular weight is 265 g/mol. The number of carbonyl (C=O) groups is 3. The molecule has 0 bridgehead atoms. The zero-order valence-corrected chi connectivity index (χ0v) is 10.8. The van der Waals surface area contributed by atoms with E-state index in [1.807, 2.05) is 0 Å². The Bertz CT molecular complexity index is 466. The summed E-state index contributed by atoms with van der Waals surface area (Å²) in [5.41, 5.74) is 0.552. The number of methoxy groups -OCH3 is 2. The molecule has 0 fully saturated rings.